The van der Waals surface area contributed by atoms with E-state index in [1.54, 1.807) is 11.3 Å². The molecule has 1 unspecified atom stereocenters. The molecule has 0 aliphatic carbocycles. The van der Waals surface area contributed by atoms with Crippen molar-refractivity contribution in [3.05, 3.63) is 21.7 Å². The van der Waals surface area contributed by atoms with Crippen LogP contribution in [-0.4, -0.2) is 17.6 Å². The molecule has 0 fully saturated rings. The molecule has 1 rings (SSSR count). The van der Waals surface area contributed by atoms with Crippen LogP contribution in [0.5, 0.6) is 0 Å². The van der Waals surface area contributed by atoms with Gasteiger partial charge in [0.2, 0.25) is 0 Å². The quantitative estimate of drug-likeness (QED) is 0.830. The first-order valence-electron chi connectivity index (χ1n) is 5.47. The van der Waals surface area contributed by atoms with Crippen LogP contribution in [0.1, 0.15) is 37.9 Å². The lowest BCUT2D eigenvalue weighted by molar-refractivity contribution is 0.604. The maximum absolute atomic E-state index is 4.43. The Morgan fingerprint density at radius 2 is 2.40 bits per heavy atom. The monoisotopic (exact) mass is 224 g/mol. The molecule has 0 bridgehead atoms. The Bertz CT molecular complexity index is 328. The van der Waals surface area contributed by atoms with Gasteiger partial charge < -0.3 is 5.32 Å². The molecule has 1 heterocycles. The van der Waals surface area contributed by atoms with Crippen LogP contribution in [0.25, 0.3) is 6.08 Å². The minimum atomic E-state index is 0.439. The highest BCUT2D eigenvalue weighted by molar-refractivity contribution is 7.10. The number of thiazole rings is 1. The smallest absolute Gasteiger partial charge is 0.116 e. The standard InChI is InChI=1S/C12H20N2S/c1-5-6-13-11(4)9(2)7-12-14-10(3)8-15-12/h7-8,11,13H,5-6H2,1-4H3. The SMILES string of the molecule is CCCNC(C)C(C)=Cc1nc(C)cs1. The van der Waals surface area contributed by atoms with E-state index in [1.165, 1.54) is 12.0 Å². The van der Waals surface area contributed by atoms with E-state index in [1.807, 2.05) is 6.92 Å². The summed E-state index contributed by atoms with van der Waals surface area (Å²) in [6.07, 6.45) is 3.35. The number of aryl methyl sites for hydroxylation is 1. The van der Waals surface area contributed by atoms with Crippen LogP contribution in [-0.2, 0) is 0 Å². The van der Waals surface area contributed by atoms with Crippen LogP contribution in [0.15, 0.2) is 11.0 Å². The second kappa shape index (κ2) is 6.03. The highest BCUT2D eigenvalue weighted by atomic mass is 32.1. The average molecular weight is 224 g/mol. The van der Waals surface area contributed by atoms with Gasteiger partial charge in [-0.2, -0.15) is 0 Å². The third kappa shape index (κ3) is 4.14. The molecule has 1 aromatic heterocycles. The Morgan fingerprint density at radius 1 is 1.67 bits per heavy atom. The number of nitrogens with one attached hydrogen (secondary N) is 1. The van der Waals surface area contributed by atoms with Gasteiger partial charge in [0, 0.05) is 17.1 Å². The molecule has 2 nitrogen and oxygen atoms in total. The molecule has 1 atom stereocenters. The van der Waals surface area contributed by atoms with E-state index in [4.69, 9.17) is 0 Å². The number of aromatic nitrogens is 1. The van der Waals surface area contributed by atoms with E-state index >= 15 is 0 Å². The van der Waals surface area contributed by atoms with Gasteiger partial charge in [-0.05, 0) is 39.8 Å². The summed E-state index contributed by atoms with van der Waals surface area (Å²) in [5, 5.41) is 6.66. The van der Waals surface area contributed by atoms with Crippen LogP contribution >= 0.6 is 11.3 Å². The maximum Gasteiger partial charge on any atom is 0.116 e. The van der Waals surface area contributed by atoms with Crippen molar-refractivity contribution < 1.29 is 0 Å². The highest BCUT2D eigenvalue weighted by Crippen LogP contribution is 2.14. The van der Waals surface area contributed by atoms with Gasteiger partial charge in [-0.25, -0.2) is 4.98 Å². The maximum atomic E-state index is 4.43. The second-order valence-electron chi connectivity index (χ2n) is 3.89. The van der Waals surface area contributed by atoms with E-state index in [0.29, 0.717) is 6.04 Å². The number of hydrogen-bond acceptors (Lipinski definition) is 3. The zero-order valence-electron chi connectivity index (χ0n) is 10.0. The summed E-state index contributed by atoms with van der Waals surface area (Å²) in [6.45, 7) is 9.64. The number of hydrogen-bond donors (Lipinski definition) is 1. The summed E-state index contributed by atoms with van der Waals surface area (Å²) in [7, 11) is 0. The van der Waals surface area contributed by atoms with Gasteiger partial charge in [-0.15, -0.1) is 11.3 Å². The topological polar surface area (TPSA) is 24.9 Å². The van der Waals surface area contributed by atoms with Gasteiger partial charge in [0.1, 0.15) is 5.01 Å². The molecular formula is C12H20N2S. The minimum Gasteiger partial charge on any atom is -0.311 e. The van der Waals surface area contributed by atoms with Crippen molar-refractivity contribution in [3.63, 3.8) is 0 Å². The van der Waals surface area contributed by atoms with Crippen molar-refractivity contribution in [2.24, 2.45) is 0 Å². The largest absolute Gasteiger partial charge is 0.311 e. The molecule has 0 radical (unpaired) electrons. The normalized spacial score (nSPS) is 14.3. The van der Waals surface area contributed by atoms with Crippen LogP contribution in [0.2, 0.25) is 0 Å². The van der Waals surface area contributed by atoms with Crippen molar-refractivity contribution >= 4 is 17.4 Å². The van der Waals surface area contributed by atoms with Gasteiger partial charge in [-0.1, -0.05) is 12.5 Å². The molecule has 0 aromatic carbocycles. The molecule has 0 spiro atoms. The fourth-order valence-corrected chi connectivity index (χ4v) is 2.07. The van der Waals surface area contributed by atoms with E-state index in [0.717, 1.165) is 17.2 Å². The molecule has 1 N–H and O–H groups in total. The lowest BCUT2D eigenvalue weighted by Gasteiger charge is -2.13. The molecular weight excluding hydrogens is 204 g/mol. The Kier molecular flexibility index (Phi) is 4.99. The summed E-state index contributed by atoms with van der Waals surface area (Å²) >= 11 is 1.70. The second-order valence-corrected chi connectivity index (χ2v) is 4.78. The zero-order valence-corrected chi connectivity index (χ0v) is 10.8. The zero-order chi connectivity index (χ0) is 11.3. The van der Waals surface area contributed by atoms with Crippen molar-refractivity contribution in [3.8, 4) is 0 Å². The first-order valence-corrected chi connectivity index (χ1v) is 6.35. The van der Waals surface area contributed by atoms with Crippen LogP contribution in [0, 0.1) is 6.92 Å². The predicted octanol–water partition coefficient (Wildman–Crippen LogP) is 3.24. The van der Waals surface area contributed by atoms with Crippen molar-refractivity contribution in [1.82, 2.24) is 10.3 Å². The Morgan fingerprint density at radius 3 is 2.93 bits per heavy atom. The van der Waals surface area contributed by atoms with E-state index < -0.39 is 0 Å². The number of rotatable bonds is 5. The third-order valence-electron chi connectivity index (χ3n) is 2.37. The first kappa shape index (κ1) is 12.4. The van der Waals surface area contributed by atoms with Gasteiger partial charge in [0.15, 0.2) is 0 Å². The van der Waals surface area contributed by atoms with Gasteiger partial charge in [0.05, 0.1) is 0 Å². The minimum absolute atomic E-state index is 0.439. The van der Waals surface area contributed by atoms with E-state index in [9.17, 15) is 0 Å². The van der Waals surface area contributed by atoms with Crippen LogP contribution in [0.4, 0.5) is 0 Å². The summed E-state index contributed by atoms with van der Waals surface area (Å²) < 4.78 is 0. The Labute approximate surface area is 96.4 Å². The van der Waals surface area contributed by atoms with Crippen LogP contribution in [0.3, 0.4) is 0 Å². The predicted molar refractivity (Wildman–Crippen MR) is 68.3 cm³/mol. The van der Waals surface area contributed by atoms with E-state index in [2.05, 4.69) is 42.5 Å². The highest BCUT2D eigenvalue weighted by Gasteiger charge is 2.03. The molecule has 15 heavy (non-hydrogen) atoms. The van der Waals surface area contributed by atoms with E-state index in [-0.39, 0.29) is 0 Å². The molecule has 3 heteroatoms. The summed E-state index contributed by atoms with van der Waals surface area (Å²) in [5.41, 5.74) is 2.45. The van der Waals surface area contributed by atoms with Crippen molar-refractivity contribution in [2.75, 3.05) is 6.54 Å². The van der Waals surface area contributed by atoms with Gasteiger partial charge >= 0.3 is 0 Å². The summed E-state index contributed by atoms with van der Waals surface area (Å²) in [6, 6.07) is 0.439. The Balaban J connectivity index is 2.58. The fourth-order valence-electron chi connectivity index (χ4n) is 1.28. The first-order chi connectivity index (χ1) is 7.13. The molecule has 84 valence electrons. The fraction of sp³-hybridized carbons (Fsp3) is 0.583. The van der Waals surface area contributed by atoms with Crippen molar-refractivity contribution in [1.29, 1.82) is 0 Å². The molecule has 0 aliphatic rings. The van der Waals surface area contributed by atoms with Gasteiger partial charge in [0.25, 0.3) is 0 Å². The molecule has 0 amide bonds. The summed E-state index contributed by atoms with van der Waals surface area (Å²) in [4.78, 5) is 4.43. The summed E-state index contributed by atoms with van der Waals surface area (Å²) in [5.74, 6) is 0. The lowest BCUT2D eigenvalue weighted by atomic mass is 10.1. The molecule has 0 saturated heterocycles. The molecule has 0 aliphatic heterocycles. The van der Waals surface area contributed by atoms with Gasteiger partial charge in [-0.3, -0.25) is 0 Å². The molecule has 0 saturated carbocycles. The lowest BCUT2D eigenvalue weighted by Crippen LogP contribution is -2.27. The van der Waals surface area contributed by atoms with Crippen LogP contribution < -0.4 is 5.32 Å². The third-order valence-corrected chi connectivity index (χ3v) is 3.28. The average Bonchev–Trinajstić information content (AvgIpc) is 2.60. The van der Waals surface area contributed by atoms with Crippen molar-refractivity contribution in [2.45, 2.75) is 40.2 Å². The number of nitrogens with zero attached hydrogens (tertiary/aromatic N) is 1. The Hall–Kier alpha value is -0.670. The molecule has 1 aromatic rings.